The number of H-pyrrole nitrogens is 1. The van der Waals surface area contributed by atoms with E-state index in [1.807, 2.05) is 0 Å². The Hall–Kier alpha value is -0.790. The summed E-state index contributed by atoms with van der Waals surface area (Å²) >= 11 is 0. The number of imidazole rings is 1. The number of aromatic nitrogens is 2. The Labute approximate surface area is 285 Å². The van der Waals surface area contributed by atoms with Crippen LogP contribution in [0.5, 0.6) is 0 Å². The Morgan fingerprint density at radius 2 is 0.711 bits per heavy atom. The van der Waals surface area contributed by atoms with E-state index in [1.165, 1.54) is 224 Å². The Kier molecular flexibility index (Phi) is 31.1. The van der Waals surface area contributed by atoms with Crippen LogP contribution < -0.4 is 4.57 Å². The van der Waals surface area contributed by atoms with Crippen molar-refractivity contribution in [3.8, 4) is 0 Å². The molecule has 1 N–H and O–H groups in total. The Morgan fingerprint density at radius 3 is 1.04 bits per heavy atom. The second-order valence-corrected chi connectivity index (χ2v) is 15.1. The summed E-state index contributed by atoms with van der Waals surface area (Å²) in [5, 5.41) is 0. The average Bonchev–Trinajstić information content (AvgIpc) is 3.54. The number of nitrogens with zero attached hydrogens (tertiary/aromatic N) is 1. The van der Waals surface area contributed by atoms with Crippen molar-refractivity contribution in [3.63, 3.8) is 0 Å². The summed E-state index contributed by atoms with van der Waals surface area (Å²) in [4.78, 5) is 3.76. The first kappa shape index (κ1) is 42.2. The van der Waals surface area contributed by atoms with Crippen LogP contribution in [0.25, 0.3) is 0 Å². The molecule has 1 aromatic heterocycles. The molecule has 2 heteroatoms. The molecular weight excluding hydrogens is 544 g/mol. The van der Waals surface area contributed by atoms with Gasteiger partial charge in [-0.05, 0) is 32.6 Å². The van der Waals surface area contributed by atoms with Crippen LogP contribution in [0.15, 0.2) is 12.4 Å². The van der Waals surface area contributed by atoms with Gasteiger partial charge in [0.05, 0.1) is 12.0 Å². The summed E-state index contributed by atoms with van der Waals surface area (Å²) < 4.78 is 2.64. The average molecular weight is 630 g/mol. The SMILES string of the molecule is CCCCCCCCCCCCCCCCC(CCCCCCCCCCCCC)c1[nH]cc[n+]1C(C)CCCCCCCC. The summed E-state index contributed by atoms with van der Waals surface area (Å²) in [6.07, 6.45) is 53.2. The maximum absolute atomic E-state index is 3.76. The van der Waals surface area contributed by atoms with E-state index in [9.17, 15) is 0 Å². The molecule has 0 bridgehead atoms. The molecule has 1 heterocycles. The van der Waals surface area contributed by atoms with Gasteiger partial charge in [0.2, 0.25) is 0 Å². The zero-order valence-corrected chi connectivity index (χ0v) is 31.8. The predicted molar refractivity (Wildman–Crippen MR) is 202 cm³/mol. The number of hydrogen-bond donors (Lipinski definition) is 1. The molecule has 1 rings (SSSR count). The summed E-state index contributed by atoms with van der Waals surface area (Å²) in [7, 11) is 0. The number of nitrogens with one attached hydrogen (secondary N) is 1. The fraction of sp³-hybridized carbons (Fsp3) is 0.930. The van der Waals surface area contributed by atoms with Crippen molar-refractivity contribution < 1.29 is 4.57 Å². The molecule has 2 atom stereocenters. The maximum Gasteiger partial charge on any atom is 0.257 e. The van der Waals surface area contributed by atoms with Gasteiger partial charge < -0.3 is 0 Å². The molecule has 0 spiro atoms. The molecule has 45 heavy (non-hydrogen) atoms. The highest BCUT2D eigenvalue weighted by Gasteiger charge is 2.25. The molecule has 0 aliphatic carbocycles. The molecule has 0 aliphatic rings. The second kappa shape index (κ2) is 33.1. The molecule has 0 aromatic carbocycles. The molecule has 1 aromatic rings. The monoisotopic (exact) mass is 630 g/mol. The Balaban J connectivity index is 2.37. The smallest absolute Gasteiger partial charge is 0.247 e. The van der Waals surface area contributed by atoms with Crippen molar-refractivity contribution in [2.24, 2.45) is 0 Å². The van der Waals surface area contributed by atoms with Gasteiger partial charge in [0, 0.05) is 0 Å². The van der Waals surface area contributed by atoms with Crippen LogP contribution >= 0.6 is 0 Å². The van der Waals surface area contributed by atoms with Gasteiger partial charge in [-0.15, -0.1) is 0 Å². The van der Waals surface area contributed by atoms with Gasteiger partial charge in [0.15, 0.2) is 0 Å². The first-order chi connectivity index (χ1) is 22.2. The van der Waals surface area contributed by atoms with E-state index in [4.69, 9.17) is 0 Å². The summed E-state index contributed by atoms with van der Waals surface area (Å²) in [5.41, 5.74) is 0. The molecule has 0 amide bonds. The molecule has 266 valence electrons. The van der Waals surface area contributed by atoms with E-state index in [0.717, 1.165) is 0 Å². The number of rotatable bonds is 36. The maximum atomic E-state index is 3.76. The summed E-state index contributed by atoms with van der Waals surface area (Å²) in [5.74, 6) is 2.25. The highest BCUT2D eigenvalue weighted by atomic mass is 15.1. The van der Waals surface area contributed by atoms with Crippen molar-refractivity contribution in [2.75, 3.05) is 0 Å². The highest BCUT2D eigenvalue weighted by Crippen LogP contribution is 2.27. The van der Waals surface area contributed by atoms with Gasteiger partial charge >= 0.3 is 0 Å². The molecular formula is C43H85N2+. The Morgan fingerprint density at radius 1 is 0.422 bits per heavy atom. The van der Waals surface area contributed by atoms with Crippen LogP contribution in [-0.2, 0) is 0 Å². The van der Waals surface area contributed by atoms with E-state index in [1.54, 1.807) is 0 Å². The van der Waals surface area contributed by atoms with Crippen molar-refractivity contribution >= 4 is 0 Å². The van der Waals surface area contributed by atoms with Crippen LogP contribution in [0.1, 0.15) is 264 Å². The third-order valence-electron chi connectivity index (χ3n) is 10.6. The van der Waals surface area contributed by atoms with E-state index < -0.39 is 0 Å². The first-order valence-corrected chi connectivity index (χ1v) is 21.3. The van der Waals surface area contributed by atoms with Gasteiger partial charge in [-0.25, -0.2) is 9.55 Å². The molecule has 0 radical (unpaired) electrons. The lowest BCUT2D eigenvalue weighted by Gasteiger charge is -2.17. The predicted octanol–water partition coefficient (Wildman–Crippen LogP) is 15.3. The molecule has 0 saturated carbocycles. The number of unbranched alkanes of at least 4 members (excludes halogenated alkanes) is 28. The van der Waals surface area contributed by atoms with Crippen LogP contribution in [0, 0.1) is 0 Å². The largest absolute Gasteiger partial charge is 0.257 e. The quantitative estimate of drug-likeness (QED) is 0.0563. The highest BCUT2D eigenvalue weighted by molar-refractivity contribution is 4.90. The fourth-order valence-corrected chi connectivity index (χ4v) is 7.49. The topological polar surface area (TPSA) is 19.7 Å². The summed E-state index contributed by atoms with van der Waals surface area (Å²) in [6.45, 7) is 9.41. The molecule has 0 aliphatic heterocycles. The van der Waals surface area contributed by atoms with E-state index >= 15 is 0 Å². The lowest BCUT2D eigenvalue weighted by atomic mass is 9.92. The van der Waals surface area contributed by atoms with E-state index in [-0.39, 0.29) is 0 Å². The Bertz CT molecular complexity index is 694. The third-order valence-corrected chi connectivity index (χ3v) is 10.6. The fourth-order valence-electron chi connectivity index (χ4n) is 7.49. The van der Waals surface area contributed by atoms with Gasteiger partial charge in [-0.2, -0.15) is 0 Å². The van der Waals surface area contributed by atoms with Crippen LogP contribution in [0.3, 0.4) is 0 Å². The molecule has 2 nitrogen and oxygen atoms in total. The van der Waals surface area contributed by atoms with Crippen molar-refractivity contribution in [1.82, 2.24) is 4.98 Å². The van der Waals surface area contributed by atoms with Crippen molar-refractivity contribution in [1.29, 1.82) is 0 Å². The van der Waals surface area contributed by atoms with Crippen molar-refractivity contribution in [3.05, 3.63) is 18.2 Å². The lowest BCUT2D eigenvalue weighted by Crippen LogP contribution is -2.41. The number of aromatic amines is 1. The zero-order chi connectivity index (χ0) is 32.5. The van der Waals surface area contributed by atoms with Gasteiger partial charge in [-0.1, -0.05) is 213 Å². The minimum atomic E-state index is 0.619. The minimum absolute atomic E-state index is 0.619. The standard InChI is InChI=1S/C43H84N2/c1-5-8-11-14-17-19-21-22-23-25-27-29-32-35-38-42(37-34-31-28-26-24-20-18-15-12-9-6-2)43-44-39-40-45(43)41(4)36-33-30-16-13-10-7-3/h39-42H,5-38H2,1-4H3/p+1. The molecule has 0 fully saturated rings. The van der Waals surface area contributed by atoms with Crippen LogP contribution in [0.4, 0.5) is 0 Å². The van der Waals surface area contributed by atoms with Gasteiger partial charge in [0.25, 0.3) is 5.82 Å². The lowest BCUT2D eigenvalue weighted by molar-refractivity contribution is -0.727. The molecule has 0 saturated heterocycles. The third kappa shape index (κ3) is 25.0. The minimum Gasteiger partial charge on any atom is -0.247 e. The zero-order valence-electron chi connectivity index (χ0n) is 31.8. The van der Waals surface area contributed by atoms with Crippen molar-refractivity contribution in [2.45, 2.75) is 258 Å². The molecule has 2 unspecified atom stereocenters. The van der Waals surface area contributed by atoms with Crippen LogP contribution in [-0.4, -0.2) is 4.98 Å². The first-order valence-electron chi connectivity index (χ1n) is 21.3. The van der Waals surface area contributed by atoms with E-state index in [0.29, 0.717) is 12.0 Å². The number of hydrogen-bond acceptors (Lipinski definition) is 0. The second-order valence-electron chi connectivity index (χ2n) is 15.1. The summed E-state index contributed by atoms with van der Waals surface area (Å²) in [6, 6.07) is 0.619. The van der Waals surface area contributed by atoms with Gasteiger partial charge in [-0.3, -0.25) is 0 Å². The van der Waals surface area contributed by atoms with Gasteiger partial charge in [0.1, 0.15) is 12.4 Å². The van der Waals surface area contributed by atoms with E-state index in [2.05, 4.69) is 49.6 Å². The van der Waals surface area contributed by atoms with Crippen LogP contribution in [0.2, 0.25) is 0 Å². The normalized spacial score (nSPS) is 13.1.